The third kappa shape index (κ3) is 7.42. The van der Waals surface area contributed by atoms with Crippen LogP contribution < -0.4 is 19.1 Å². The highest BCUT2D eigenvalue weighted by atomic mass is 32.2. The first-order valence-corrected chi connectivity index (χ1v) is 15.7. The first-order valence-electron chi connectivity index (χ1n) is 14.3. The van der Waals surface area contributed by atoms with Gasteiger partial charge in [-0.2, -0.15) is 0 Å². The predicted molar refractivity (Wildman–Crippen MR) is 162 cm³/mol. The molecule has 0 spiro atoms. The van der Waals surface area contributed by atoms with Crippen molar-refractivity contribution in [1.29, 1.82) is 0 Å². The van der Waals surface area contributed by atoms with Crippen molar-refractivity contribution in [2.75, 3.05) is 24.6 Å². The Kier molecular flexibility index (Phi) is 10.5. The van der Waals surface area contributed by atoms with Gasteiger partial charge in [0, 0.05) is 12.6 Å². The fourth-order valence-electron chi connectivity index (χ4n) is 5.12. The minimum Gasteiger partial charge on any atom is -0.497 e. The van der Waals surface area contributed by atoms with Gasteiger partial charge in [0.25, 0.3) is 10.0 Å². The van der Waals surface area contributed by atoms with E-state index in [9.17, 15) is 18.0 Å². The molecule has 1 aliphatic carbocycles. The van der Waals surface area contributed by atoms with Crippen LogP contribution in [0.2, 0.25) is 0 Å². The van der Waals surface area contributed by atoms with E-state index in [1.807, 2.05) is 12.1 Å². The van der Waals surface area contributed by atoms with E-state index in [2.05, 4.69) is 5.32 Å². The molecule has 1 N–H and O–H groups in total. The molecule has 1 saturated carbocycles. The number of carbonyl (C=O) groups excluding carboxylic acids is 2. The molecule has 9 nitrogen and oxygen atoms in total. The zero-order chi connectivity index (χ0) is 30.1. The first-order chi connectivity index (χ1) is 20.2. The van der Waals surface area contributed by atoms with Crippen LogP contribution in [-0.4, -0.2) is 57.5 Å². The number of nitrogens with zero attached hydrogens (tertiary/aromatic N) is 2. The van der Waals surface area contributed by atoms with Crippen LogP contribution in [0.4, 0.5) is 5.69 Å². The van der Waals surface area contributed by atoms with E-state index >= 15 is 0 Å². The van der Waals surface area contributed by atoms with Crippen molar-refractivity contribution in [3.05, 3.63) is 84.4 Å². The maximum atomic E-state index is 14.2. The van der Waals surface area contributed by atoms with Crippen LogP contribution in [0, 0.1) is 0 Å². The number of anilines is 1. The van der Waals surface area contributed by atoms with Crippen LogP contribution in [-0.2, 0) is 26.2 Å². The van der Waals surface area contributed by atoms with E-state index < -0.39 is 28.5 Å². The number of carbonyl (C=O) groups is 2. The Morgan fingerprint density at radius 2 is 1.67 bits per heavy atom. The van der Waals surface area contributed by atoms with Crippen molar-refractivity contribution in [1.82, 2.24) is 10.2 Å². The van der Waals surface area contributed by atoms with E-state index in [1.165, 1.54) is 17.0 Å². The Bertz CT molecular complexity index is 1460. The van der Waals surface area contributed by atoms with E-state index in [0.717, 1.165) is 35.6 Å². The normalized spacial score (nSPS) is 14.2. The Balaban J connectivity index is 1.72. The minimum absolute atomic E-state index is 0.0375. The van der Waals surface area contributed by atoms with Crippen molar-refractivity contribution in [2.24, 2.45) is 0 Å². The SMILES string of the molecule is CCOc1ccccc1N(CC(=O)N(Cc1cccc(OC)c1)[C@H](C)C(=O)NC1CCCC1)S(=O)(=O)c1ccccc1. The van der Waals surface area contributed by atoms with Crippen molar-refractivity contribution >= 4 is 27.5 Å². The van der Waals surface area contributed by atoms with Crippen LogP contribution >= 0.6 is 0 Å². The van der Waals surface area contributed by atoms with Gasteiger partial charge in [-0.25, -0.2) is 8.42 Å². The summed E-state index contributed by atoms with van der Waals surface area (Å²) in [7, 11) is -2.63. The van der Waals surface area contributed by atoms with Crippen LogP contribution in [0.15, 0.2) is 83.8 Å². The Labute approximate surface area is 248 Å². The third-order valence-corrected chi connectivity index (χ3v) is 9.17. The highest BCUT2D eigenvalue weighted by Gasteiger charge is 2.34. The zero-order valence-electron chi connectivity index (χ0n) is 24.4. The topological polar surface area (TPSA) is 105 Å². The van der Waals surface area contributed by atoms with E-state index in [4.69, 9.17) is 9.47 Å². The van der Waals surface area contributed by atoms with Gasteiger partial charge >= 0.3 is 0 Å². The molecule has 0 radical (unpaired) electrons. The number of amides is 2. The number of ether oxygens (including phenoxy) is 2. The van der Waals surface area contributed by atoms with Gasteiger partial charge in [-0.05, 0) is 68.7 Å². The van der Waals surface area contributed by atoms with Gasteiger partial charge in [0.15, 0.2) is 0 Å². The molecular formula is C32H39N3O6S. The van der Waals surface area contributed by atoms with Crippen LogP contribution in [0.25, 0.3) is 0 Å². The molecule has 0 aromatic heterocycles. The second-order valence-corrected chi connectivity index (χ2v) is 12.1. The summed E-state index contributed by atoms with van der Waals surface area (Å²) in [6.45, 7) is 3.34. The number of sulfonamides is 1. The molecule has 1 fully saturated rings. The van der Waals surface area contributed by atoms with E-state index in [1.54, 1.807) is 75.6 Å². The lowest BCUT2D eigenvalue weighted by molar-refractivity contribution is -0.139. The lowest BCUT2D eigenvalue weighted by Crippen LogP contribution is -2.52. The van der Waals surface area contributed by atoms with E-state index in [-0.39, 0.29) is 29.1 Å². The summed E-state index contributed by atoms with van der Waals surface area (Å²) < 4.78 is 40.2. The number of para-hydroxylation sites is 2. The summed E-state index contributed by atoms with van der Waals surface area (Å²) in [5.41, 5.74) is 0.983. The Morgan fingerprint density at radius 1 is 0.976 bits per heavy atom. The van der Waals surface area contributed by atoms with Crippen molar-refractivity contribution < 1.29 is 27.5 Å². The summed E-state index contributed by atoms with van der Waals surface area (Å²) in [4.78, 5) is 29.0. The summed E-state index contributed by atoms with van der Waals surface area (Å²) in [5.74, 6) is 0.142. The molecule has 3 aromatic rings. The maximum absolute atomic E-state index is 14.2. The van der Waals surface area contributed by atoms with Gasteiger partial charge in [0.2, 0.25) is 11.8 Å². The molecule has 0 aliphatic heterocycles. The first kappa shape index (κ1) is 30.9. The van der Waals surface area contributed by atoms with E-state index in [0.29, 0.717) is 18.1 Å². The number of methoxy groups -OCH3 is 1. The molecule has 1 aliphatic rings. The highest BCUT2D eigenvalue weighted by molar-refractivity contribution is 7.92. The number of rotatable bonds is 13. The predicted octanol–water partition coefficient (Wildman–Crippen LogP) is 4.77. The lowest BCUT2D eigenvalue weighted by Gasteiger charge is -2.33. The number of hydrogen-bond donors (Lipinski definition) is 1. The van der Waals surface area contributed by atoms with Crippen molar-refractivity contribution in [2.45, 2.75) is 63.1 Å². The summed E-state index contributed by atoms with van der Waals surface area (Å²) in [5, 5.41) is 3.08. The fraction of sp³-hybridized carbons (Fsp3) is 0.375. The van der Waals surface area contributed by atoms with Gasteiger partial charge in [0.1, 0.15) is 24.1 Å². The minimum atomic E-state index is -4.19. The zero-order valence-corrected chi connectivity index (χ0v) is 25.2. The van der Waals surface area contributed by atoms with Crippen LogP contribution in [0.3, 0.4) is 0 Å². The Hall–Kier alpha value is -4.05. The smallest absolute Gasteiger partial charge is 0.264 e. The average molecular weight is 594 g/mol. The molecule has 3 aromatic carbocycles. The Morgan fingerprint density at radius 3 is 2.36 bits per heavy atom. The molecule has 2 amide bonds. The number of hydrogen-bond acceptors (Lipinski definition) is 6. The van der Waals surface area contributed by atoms with Gasteiger partial charge in [-0.3, -0.25) is 13.9 Å². The summed E-state index contributed by atoms with van der Waals surface area (Å²) in [6, 6.07) is 21.1. The van der Waals surface area contributed by atoms with Crippen molar-refractivity contribution in [3.63, 3.8) is 0 Å². The molecule has 0 saturated heterocycles. The number of benzene rings is 3. The summed E-state index contributed by atoms with van der Waals surface area (Å²) >= 11 is 0. The van der Waals surface area contributed by atoms with Crippen molar-refractivity contribution in [3.8, 4) is 11.5 Å². The molecule has 0 unspecified atom stereocenters. The third-order valence-electron chi connectivity index (χ3n) is 7.40. The second kappa shape index (κ2) is 14.2. The maximum Gasteiger partial charge on any atom is 0.264 e. The quantitative estimate of drug-likeness (QED) is 0.306. The second-order valence-electron chi connectivity index (χ2n) is 10.3. The largest absolute Gasteiger partial charge is 0.497 e. The average Bonchev–Trinajstić information content (AvgIpc) is 3.52. The molecular weight excluding hydrogens is 554 g/mol. The molecule has 4 rings (SSSR count). The molecule has 42 heavy (non-hydrogen) atoms. The lowest BCUT2D eigenvalue weighted by atomic mass is 10.1. The number of nitrogens with one attached hydrogen (secondary N) is 1. The molecule has 10 heteroatoms. The molecule has 1 atom stereocenters. The fourth-order valence-corrected chi connectivity index (χ4v) is 6.56. The van der Waals surface area contributed by atoms with Gasteiger partial charge in [-0.1, -0.05) is 55.3 Å². The standard InChI is InChI=1S/C32H39N3O6S/c1-4-41-30-20-11-10-19-29(30)35(42(38,39)28-17-6-5-7-18-28)23-31(36)34(22-25-13-12-16-27(21-25)40-3)24(2)32(37)33-26-14-8-9-15-26/h5-7,10-13,16-21,24,26H,4,8-9,14-15,22-23H2,1-3H3,(H,33,37)/t24-/m1/s1. The van der Waals surface area contributed by atoms with Gasteiger partial charge in [-0.15, -0.1) is 0 Å². The van der Waals surface area contributed by atoms with Crippen LogP contribution in [0.1, 0.15) is 45.1 Å². The highest BCUT2D eigenvalue weighted by Crippen LogP contribution is 2.33. The summed E-state index contributed by atoms with van der Waals surface area (Å²) in [6.07, 6.45) is 3.91. The molecule has 0 heterocycles. The monoisotopic (exact) mass is 593 g/mol. The van der Waals surface area contributed by atoms with Gasteiger partial charge in [0.05, 0.1) is 24.3 Å². The van der Waals surface area contributed by atoms with Crippen LogP contribution in [0.5, 0.6) is 11.5 Å². The molecule has 224 valence electrons. The van der Waals surface area contributed by atoms with Gasteiger partial charge < -0.3 is 19.7 Å². The molecule has 0 bridgehead atoms.